The number of nitrogens with two attached hydrogens (primary N) is 1. The molecule has 2 heterocycles. The molecule has 0 bridgehead atoms. The molecule has 106 valence electrons. The number of hydrogen-bond donors (Lipinski definition) is 1. The summed E-state index contributed by atoms with van der Waals surface area (Å²) < 4.78 is 11.6. The standard InChI is InChI=1S/C13H14BrN3O2S/c14-9-3-1-2-4-10(9)20-7-11-16-12(19-17-11)13(15)5-6-18-8-13/h1-4H,5-8,15H2. The zero-order chi connectivity index (χ0) is 14.0. The molecule has 1 aromatic heterocycles. The van der Waals surface area contributed by atoms with Gasteiger partial charge in [0.2, 0.25) is 5.89 Å². The molecule has 20 heavy (non-hydrogen) atoms. The molecule has 1 fully saturated rings. The zero-order valence-electron chi connectivity index (χ0n) is 10.7. The molecule has 1 atom stereocenters. The molecule has 1 aliphatic heterocycles. The van der Waals surface area contributed by atoms with Gasteiger partial charge in [-0.05, 0) is 34.5 Å². The van der Waals surface area contributed by atoms with Crippen LogP contribution in [0.25, 0.3) is 0 Å². The lowest BCUT2D eigenvalue weighted by atomic mass is 10.0. The lowest BCUT2D eigenvalue weighted by Gasteiger charge is -2.14. The first-order valence-corrected chi connectivity index (χ1v) is 8.02. The average molecular weight is 356 g/mol. The number of aromatic nitrogens is 2. The van der Waals surface area contributed by atoms with Gasteiger partial charge in [-0.25, -0.2) is 0 Å². The number of benzene rings is 1. The van der Waals surface area contributed by atoms with Crippen molar-refractivity contribution in [2.24, 2.45) is 5.73 Å². The quantitative estimate of drug-likeness (QED) is 0.849. The van der Waals surface area contributed by atoms with Crippen molar-refractivity contribution in [3.63, 3.8) is 0 Å². The maximum Gasteiger partial charge on any atom is 0.249 e. The van der Waals surface area contributed by atoms with Gasteiger partial charge in [0.15, 0.2) is 5.82 Å². The van der Waals surface area contributed by atoms with E-state index in [-0.39, 0.29) is 0 Å². The summed E-state index contributed by atoms with van der Waals surface area (Å²) in [6.07, 6.45) is 0.714. The Morgan fingerprint density at radius 2 is 2.25 bits per heavy atom. The van der Waals surface area contributed by atoms with Crippen molar-refractivity contribution in [3.05, 3.63) is 40.5 Å². The summed E-state index contributed by atoms with van der Waals surface area (Å²) in [5.41, 5.74) is 5.57. The fourth-order valence-corrected chi connectivity index (χ4v) is 3.38. The molecule has 0 spiro atoms. The van der Waals surface area contributed by atoms with Crippen LogP contribution in [-0.4, -0.2) is 23.4 Å². The van der Waals surface area contributed by atoms with Crippen LogP contribution >= 0.6 is 27.7 Å². The van der Waals surface area contributed by atoms with E-state index in [2.05, 4.69) is 26.1 Å². The first-order chi connectivity index (χ1) is 9.67. The van der Waals surface area contributed by atoms with Gasteiger partial charge in [0.05, 0.1) is 12.4 Å². The van der Waals surface area contributed by atoms with Crippen LogP contribution in [0.2, 0.25) is 0 Å². The molecule has 5 nitrogen and oxygen atoms in total. The van der Waals surface area contributed by atoms with Gasteiger partial charge < -0.3 is 15.0 Å². The van der Waals surface area contributed by atoms with Crippen LogP contribution in [0.3, 0.4) is 0 Å². The highest BCUT2D eigenvalue weighted by Gasteiger charge is 2.38. The Bertz CT molecular complexity index is 599. The number of nitrogens with zero attached hydrogens (tertiary/aromatic N) is 2. The number of rotatable bonds is 4. The SMILES string of the molecule is NC1(c2nc(CSc3ccccc3Br)no2)CCOC1. The van der Waals surface area contributed by atoms with E-state index in [1.54, 1.807) is 11.8 Å². The molecular formula is C13H14BrN3O2S. The van der Waals surface area contributed by atoms with Crippen molar-refractivity contribution in [2.45, 2.75) is 22.6 Å². The summed E-state index contributed by atoms with van der Waals surface area (Å²) in [6.45, 7) is 1.08. The van der Waals surface area contributed by atoms with E-state index in [1.807, 2.05) is 24.3 Å². The second-order valence-corrected chi connectivity index (χ2v) is 6.57. The number of hydrogen-bond acceptors (Lipinski definition) is 6. The molecule has 0 saturated carbocycles. The number of halogens is 1. The normalized spacial score (nSPS) is 22.3. The third-order valence-corrected chi connectivity index (χ3v) is 5.16. The van der Waals surface area contributed by atoms with Gasteiger partial charge in [0.1, 0.15) is 5.54 Å². The smallest absolute Gasteiger partial charge is 0.249 e. The Morgan fingerprint density at radius 1 is 1.40 bits per heavy atom. The number of ether oxygens (including phenoxy) is 1. The van der Waals surface area contributed by atoms with E-state index in [9.17, 15) is 0 Å². The second kappa shape index (κ2) is 5.85. The minimum Gasteiger partial charge on any atom is -0.379 e. The molecule has 1 aliphatic rings. The lowest BCUT2D eigenvalue weighted by molar-refractivity contribution is 0.166. The second-order valence-electron chi connectivity index (χ2n) is 4.69. The predicted molar refractivity (Wildman–Crippen MR) is 79.3 cm³/mol. The largest absolute Gasteiger partial charge is 0.379 e. The molecule has 0 aliphatic carbocycles. The van der Waals surface area contributed by atoms with Crippen molar-refractivity contribution >= 4 is 27.7 Å². The first-order valence-electron chi connectivity index (χ1n) is 6.24. The van der Waals surface area contributed by atoms with E-state index in [4.69, 9.17) is 15.0 Å². The minimum atomic E-state index is -0.622. The van der Waals surface area contributed by atoms with Gasteiger partial charge in [-0.3, -0.25) is 0 Å². The molecule has 2 N–H and O–H groups in total. The minimum absolute atomic E-state index is 0.437. The van der Waals surface area contributed by atoms with Crippen LogP contribution in [-0.2, 0) is 16.0 Å². The van der Waals surface area contributed by atoms with Crippen LogP contribution in [0.5, 0.6) is 0 Å². The van der Waals surface area contributed by atoms with Crippen LogP contribution < -0.4 is 5.73 Å². The van der Waals surface area contributed by atoms with Gasteiger partial charge in [-0.2, -0.15) is 4.98 Å². The zero-order valence-corrected chi connectivity index (χ0v) is 13.1. The summed E-state index contributed by atoms with van der Waals surface area (Å²) >= 11 is 5.17. The highest BCUT2D eigenvalue weighted by Crippen LogP contribution is 2.30. The fraction of sp³-hybridized carbons (Fsp3) is 0.385. The Kier molecular flexibility index (Phi) is 4.11. The topological polar surface area (TPSA) is 74.2 Å². The van der Waals surface area contributed by atoms with E-state index >= 15 is 0 Å². The summed E-state index contributed by atoms with van der Waals surface area (Å²) in [7, 11) is 0. The Hall–Kier alpha value is -0.890. The van der Waals surface area contributed by atoms with Crippen molar-refractivity contribution in [2.75, 3.05) is 13.2 Å². The van der Waals surface area contributed by atoms with Gasteiger partial charge >= 0.3 is 0 Å². The van der Waals surface area contributed by atoms with Gasteiger partial charge in [-0.1, -0.05) is 17.3 Å². The summed E-state index contributed by atoms with van der Waals surface area (Å²) in [5, 5.41) is 3.99. The highest BCUT2D eigenvalue weighted by atomic mass is 79.9. The van der Waals surface area contributed by atoms with Crippen LogP contribution in [0.4, 0.5) is 0 Å². The van der Waals surface area contributed by atoms with Gasteiger partial charge in [-0.15, -0.1) is 11.8 Å². The molecule has 3 rings (SSSR count). The summed E-state index contributed by atoms with van der Waals surface area (Å²) in [5.74, 6) is 1.76. The maximum absolute atomic E-state index is 6.19. The molecule has 1 saturated heterocycles. The van der Waals surface area contributed by atoms with E-state index < -0.39 is 5.54 Å². The lowest BCUT2D eigenvalue weighted by Crippen LogP contribution is -2.37. The Morgan fingerprint density at radius 3 is 3.00 bits per heavy atom. The van der Waals surface area contributed by atoms with E-state index in [0.717, 1.165) is 9.37 Å². The summed E-state index contributed by atoms with van der Waals surface area (Å²) in [4.78, 5) is 5.53. The molecule has 2 aromatic rings. The third kappa shape index (κ3) is 2.90. The van der Waals surface area contributed by atoms with Crippen molar-refractivity contribution in [1.82, 2.24) is 10.1 Å². The molecule has 1 unspecified atom stereocenters. The highest BCUT2D eigenvalue weighted by molar-refractivity contribution is 9.10. The molecule has 1 aromatic carbocycles. The van der Waals surface area contributed by atoms with Gasteiger partial charge in [0.25, 0.3) is 0 Å². The molecule has 7 heteroatoms. The van der Waals surface area contributed by atoms with E-state index in [1.165, 1.54) is 0 Å². The fourth-order valence-electron chi connectivity index (χ4n) is 1.97. The molecule has 0 amide bonds. The van der Waals surface area contributed by atoms with E-state index in [0.29, 0.717) is 37.1 Å². The number of thioether (sulfide) groups is 1. The Balaban J connectivity index is 1.67. The Labute approximate surface area is 129 Å². The first kappa shape index (κ1) is 14.1. The average Bonchev–Trinajstić information content (AvgIpc) is 3.08. The van der Waals surface area contributed by atoms with Crippen molar-refractivity contribution < 1.29 is 9.26 Å². The molecule has 0 radical (unpaired) electrons. The van der Waals surface area contributed by atoms with Crippen LogP contribution in [0.15, 0.2) is 38.2 Å². The molecular weight excluding hydrogens is 342 g/mol. The van der Waals surface area contributed by atoms with Crippen LogP contribution in [0, 0.1) is 0 Å². The maximum atomic E-state index is 6.19. The van der Waals surface area contributed by atoms with Gasteiger partial charge in [0, 0.05) is 16.0 Å². The van der Waals surface area contributed by atoms with Crippen molar-refractivity contribution in [1.29, 1.82) is 0 Å². The van der Waals surface area contributed by atoms with Crippen molar-refractivity contribution in [3.8, 4) is 0 Å². The monoisotopic (exact) mass is 355 g/mol. The summed E-state index contributed by atoms with van der Waals surface area (Å²) in [6, 6.07) is 8.04. The van der Waals surface area contributed by atoms with Crippen LogP contribution in [0.1, 0.15) is 18.1 Å². The third-order valence-electron chi connectivity index (χ3n) is 3.14. The predicted octanol–water partition coefficient (Wildman–Crippen LogP) is 2.70.